The topological polar surface area (TPSA) is 74.9 Å². The Bertz CT molecular complexity index is 565. The van der Waals surface area contributed by atoms with Crippen LogP contribution in [0, 0.1) is 0 Å². The van der Waals surface area contributed by atoms with Crippen LogP contribution >= 0.6 is 0 Å². The van der Waals surface area contributed by atoms with E-state index in [0.29, 0.717) is 11.6 Å². The van der Waals surface area contributed by atoms with Gasteiger partial charge in [0.05, 0.1) is 7.11 Å². The number of ether oxygens (including phenoxy) is 1. The average molecular weight is 244 g/mol. The lowest BCUT2D eigenvalue weighted by atomic mass is 10.2. The molecule has 0 aliphatic carbocycles. The maximum atomic E-state index is 9.54. The molecule has 5 heteroatoms. The number of aromatic hydroxyl groups is 2. The van der Waals surface area contributed by atoms with Gasteiger partial charge in [-0.3, -0.25) is 4.99 Å². The molecule has 0 saturated carbocycles. The number of methoxy groups -OCH3 is 1. The van der Waals surface area contributed by atoms with Crippen LogP contribution in [0.4, 0.5) is 5.69 Å². The van der Waals surface area contributed by atoms with Crippen molar-refractivity contribution in [3.05, 3.63) is 42.1 Å². The summed E-state index contributed by atoms with van der Waals surface area (Å²) in [6.45, 7) is 0. The Morgan fingerprint density at radius 3 is 2.67 bits per heavy atom. The normalized spacial score (nSPS) is 10.7. The molecule has 0 radical (unpaired) electrons. The first kappa shape index (κ1) is 11.9. The fourth-order valence-corrected chi connectivity index (χ4v) is 1.35. The molecule has 5 nitrogen and oxygen atoms in total. The van der Waals surface area contributed by atoms with Gasteiger partial charge >= 0.3 is 0 Å². The third-order valence-corrected chi connectivity index (χ3v) is 2.28. The Kier molecular flexibility index (Phi) is 3.43. The van der Waals surface area contributed by atoms with Crippen molar-refractivity contribution in [2.75, 3.05) is 7.11 Å². The van der Waals surface area contributed by atoms with E-state index < -0.39 is 0 Å². The summed E-state index contributed by atoms with van der Waals surface area (Å²) in [5.41, 5.74) is 1.16. The zero-order valence-corrected chi connectivity index (χ0v) is 9.74. The van der Waals surface area contributed by atoms with Gasteiger partial charge < -0.3 is 14.9 Å². The van der Waals surface area contributed by atoms with E-state index in [1.54, 1.807) is 31.7 Å². The van der Waals surface area contributed by atoms with Gasteiger partial charge in [0.2, 0.25) is 5.88 Å². The number of phenols is 2. The van der Waals surface area contributed by atoms with E-state index >= 15 is 0 Å². The van der Waals surface area contributed by atoms with Gasteiger partial charge in [0, 0.05) is 30.1 Å². The third kappa shape index (κ3) is 2.76. The summed E-state index contributed by atoms with van der Waals surface area (Å²) in [5, 5.41) is 18.7. The predicted molar refractivity (Wildman–Crippen MR) is 67.8 cm³/mol. The van der Waals surface area contributed by atoms with Gasteiger partial charge in [-0.25, -0.2) is 4.98 Å². The summed E-state index contributed by atoms with van der Waals surface area (Å²) in [4.78, 5) is 8.14. The standard InChI is InChI=1S/C13H12N2O3/c1-18-13-5-2-9(8-15-13)7-14-11-4-3-10(16)6-12(11)17/h2-8,16-17H,1H3/b14-7+. The second kappa shape index (κ2) is 5.18. The van der Waals surface area contributed by atoms with Crippen molar-refractivity contribution in [2.45, 2.75) is 0 Å². The van der Waals surface area contributed by atoms with Crippen molar-refractivity contribution < 1.29 is 14.9 Å². The van der Waals surface area contributed by atoms with Crippen LogP contribution < -0.4 is 4.74 Å². The number of rotatable bonds is 3. The van der Waals surface area contributed by atoms with E-state index in [-0.39, 0.29) is 11.5 Å². The second-order valence-corrected chi connectivity index (χ2v) is 3.57. The lowest BCUT2D eigenvalue weighted by Gasteiger charge is -2.00. The first-order valence-electron chi connectivity index (χ1n) is 5.25. The minimum atomic E-state index is -0.0762. The molecule has 92 valence electrons. The molecule has 18 heavy (non-hydrogen) atoms. The van der Waals surface area contributed by atoms with Crippen molar-refractivity contribution in [1.29, 1.82) is 0 Å². The number of pyridine rings is 1. The molecule has 0 amide bonds. The van der Waals surface area contributed by atoms with Crippen LogP contribution in [0.2, 0.25) is 0 Å². The molecule has 2 N–H and O–H groups in total. The second-order valence-electron chi connectivity index (χ2n) is 3.57. The number of aliphatic imine (C=N–C) groups is 1. The van der Waals surface area contributed by atoms with E-state index in [9.17, 15) is 5.11 Å². The average Bonchev–Trinajstić information content (AvgIpc) is 2.38. The van der Waals surface area contributed by atoms with Gasteiger partial charge in [-0.2, -0.15) is 0 Å². The van der Waals surface area contributed by atoms with E-state index in [0.717, 1.165) is 5.56 Å². The summed E-state index contributed by atoms with van der Waals surface area (Å²) >= 11 is 0. The van der Waals surface area contributed by atoms with Crippen molar-refractivity contribution in [2.24, 2.45) is 4.99 Å². The number of phenolic OH excluding ortho intramolecular Hbond substituents is 2. The quantitative estimate of drug-likeness (QED) is 0.812. The van der Waals surface area contributed by atoms with Gasteiger partial charge in [-0.1, -0.05) is 0 Å². The van der Waals surface area contributed by atoms with Crippen LogP contribution in [0.15, 0.2) is 41.5 Å². The molecule has 0 spiro atoms. The van der Waals surface area contributed by atoms with Crippen molar-refractivity contribution >= 4 is 11.9 Å². The number of hydrogen-bond donors (Lipinski definition) is 2. The fraction of sp³-hybridized carbons (Fsp3) is 0.0769. The number of hydrogen-bond acceptors (Lipinski definition) is 5. The van der Waals surface area contributed by atoms with Crippen molar-refractivity contribution in [1.82, 2.24) is 4.98 Å². The van der Waals surface area contributed by atoms with E-state index in [4.69, 9.17) is 9.84 Å². The molecule has 1 aromatic carbocycles. The van der Waals surface area contributed by atoms with Gasteiger partial charge in [-0.05, 0) is 18.2 Å². The molecule has 1 heterocycles. The van der Waals surface area contributed by atoms with Crippen LogP contribution in [-0.2, 0) is 0 Å². The van der Waals surface area contributed by atoms with E-state index in [1.165, 1.54) is 18.2 Å². The molecule has 2 rings (SSSR count). The molecule has 1 aromatic heterocycles. The van der Waals surface area contributed by atoms with Crippen molar-refractivity contribution in [3.8, 4) is 17.4 Å². The first-order chi connectivity index (χ1) is 8.69. The van der Waals surface area contributed by atoms with Crippen LogP contribution in [0.5, 0.6) is 17.4 Å². The summed E-state index contributed by atoms with van der Waals surface area (Å²) in [6, 6.07) is 7.74. The Hall–Kier alpha value is -2.56. The van der Waals surface area contributed by atoms with Gasteiger partial charge in [-0.15, -0.1) is 0 Å². The van der Waals surface area contributed by atoms with Crippen LogP contribution in [0.1, 0.15) is 5.56 Å². The zero-order chi connectivity index (χ0) is 13.0. The Balaban J connectivity index is 2.19. The van der Waals surface area contributed by atoms with Gasteiger partial charge in [0.1, 0.15) is 17.2 Å². The predicted octanol–water partition coefficient (Wildman–Crippen LogP) is 2.25. The highest BCUT2D eigenvalue weighted by atomic mass is 16.5. The Morgan fingerprint density at radius 2 is 2.06 bits per heavy atom. The lowest BCUT2D eigenvalue weighted by Crippen LogP contribution is -1.88. The summed E-state index contributed by atoms with van der Waals surface area (Å²) in [7, 11) is 1.55. The van der Waals surface area contributed by atoms with Crippen LogP contribution in [0.3, 0.4) is 0 Å². The third-order valence-electron chi connectivity index (χ3n) is 2.28. The van der Waals surface area contributed by atoms with Crippen LogP contribution in [-0.4, -0.2) is 28.5 Å². The zero-order valence-electron chi connectivity index (χ0n) is 9.74. The highest BCUT2D eigenvalue weighted by molar-refractivity contribution is 5.82. The summed E-state index contributed by atoms with van der Waals surface area (Å²) in [6.07, 6.45) is 3.18. The smallest absolute Gasteiger partial charge is 0.212 e. The van der Waals surface area contributed by atoms with E-state index in [1.807, 2.05) is 0 Å². The minimum Gasteiger partial charge on any atom is -0.508 e. The molecule has 2 aromatic rings. The minimum absolute atomic E-state index is 0.00226. The van der Waals surface area contributed by atoms with Crippen LogP contribution in [0.25, 0.3) is 0 Å². The monoisotopic (exact) mass is 244 g/mol. The van der Waals surface area contributed by atoms with Crippen molar-refractivity contribution in [3.63, 3.8) is 0 Å². The molecule has 0 atom stereocenters. The molecular weight excluding hydrogens is 232 g/mol. The molecule has 0 aliphatic rings. The highest BCUT2D eigenvalue weighted by Crippen LogP contribution is 2.29. The number of aromatic nitrogens is 1. The Labute approximate surface area is 104 Å². The summed E-state index contributed by atoms with van der Waals surface area (Å²) < 4.78 is 4.94. The lowest BCUT2D eigenvalue weighted by molar-refractivity contribution is 0.398. The van der Waals surface area contributed by atoms with Gasteiger partial charge in [0.25, 0.3) is 0 Å². The Morgan fingerprint density at radius 1 is 1.22 bits per heavy atom. The summed E-state index contributed by atoms with van der Waals surface area (Å²) in [5.74, 6) is 0.449. The molecule has 0 fully saturated rings. The SMILES string of the molecule is COc1ccc(/C=N/c2ccc(O)cc2O)cn1. The maximum absolute atomic E-state index is 9.54. The maximum Gasteiger partial charge on any atom is 0.212 e. The van der Waals surface area contributed by atoms with Gasteiger partial charge in [0.15, 0.2) is 0 Å². The number of benzene rings is 1. The van der Waals surface area contributed by atoms with E-state index in [2.05, 4.69) is 9.98 Å². The molecule has 0 unspecified atom stereocenters. The highest BCUT2D eigenvalue weighted by Gasteiger charge is 1.99. The molecule has 0 saturated heterocycles. The molecular formula is C13H12N2O3. The largest absolute Gasteiger partial charge is 0.508 e. The first-order valence-corrected chi connectivity index (χ1v) is 5.25. The molecule has 0 aliphatic heterocycles. The molecule has 0 bridgehead atoms. The fourth-order valence-electron chi connectivity index (χ4n) is 1.35. The number of nitrogens with zero attached hydrogens (tertiary/aromatic N) is 2.